The predicted octanol–water partition coefficient (Wildman–Crippen LogP) is 12.3. The van der Waals surface area contributed by atoms with Gasteiger partial charge in [-0.05, 0) is 13.8 Å². The molecule has 0 bridgehead atoms. The molecule has 0 aliphatic carbocycles. The minimum absolute atomic E-state index is 0.0471. The molecule has 68 heavy (non-hydrogen) atoms. The van der Waals surface area contributed by atoms with Crippen molar-refractivity contribution in [2.45, 2.75) is 88.2 Å². The van der Waals surface area contributed by atoms with Crippen LogP contribution in [0.15, 0.2) is 58.3 Å². The average Bonchev–Trinajstić information content (AvgIpc) is 4.16. The normalized spacial score (nSPS) is 18.4. The van der Waals surface area contributed by atoms with Crippen LogP contribution in [0.2, 0.25) is 19.0 Å². The number of hydrogen-bond donors (Lipinski definition) is 0. The van der Waals surface area contributed by atoms with Crippen molar-refractivity contribution in [3.8, 4) is 41.8 Å². The van der Waals surface area contributed by atoms with Gasteiger partial charge in [0.1, 0.15) is 0 Å². The van der Waals surface area contributed by atoms with E-state index in [0.717, 1.165) is 44.3 Å². The van der Waals surface area contributed by atoms with E-state index in [2.05, 4.69) is 104 Å². The van der Waals surface area contributed by atoms with Gasteiger partial charge in [0.25, 0.3) is 0 Å². The number of amides is 2. The van der Waals surface area contributed by atoms with Crippen LogP contribution in [0.4, 0.5) is 0 Å². The Hall–Kier alpha value is -2.91. The zero-order chi connectivity index (χ0) is 47.9. The van der Waals surface area contributed by atoms with Crippen molar-refractivity contribution < 1.29 is 9.59 Å². The van der Waals surface area contributed by atoms with Crippen molar-refractivity contribution >= 4 is 193 Å². The first-order valence-corrected chi connectivity index (χ1v) is 37.7. The molecule has 2 saturated heterocycles. The van der Waals surface area contributed by atoms with Gasteiger partial charge >= 0.3 is 428 Å². The second kappa shape index (κ2) is 17.4. The van der Waals surface area contributed by atoms with Crippen LogP contribution in [0.3, 0.4) is 0 Å². The first kappa shape index (κ1) is 47.4. The topological polar surface area (TPSA) is 92.2 Å². The quantitative estimate of drug-likeness (QED) is 0.0749. The Kier molecular flexibility index (Phi) is 12.1. The molecule has 346 valence electrons. The molecular formula is C50H48Ge2N6O2S8. The van der Waals surface area contributed by atoms with E-state index in [-0.39, 0.29) is 11.8 Å². The third-order valence-corrected chi connectivity index (χ3v) is 48.0. The van der Waals surface area contributed by atoms with Crippen molar-refractivity contribution in [2.24, 2.45) is 0 Å². The third kappa shape index (κ3) is 6.66. The fraction of sp³-hybridized carbons (Fsp3) is 0.320. The zero-order valence-corrected chi connectivity index (χ0v) is 50.0. The molecule has 0 N–H and O–H groups in total. The van der Waals surface area contributed by atoms with Gasteiger partial charge in [-0.1, -0.05) is 0 Å². The van der Waals surface area contributed by atoms with Gasteiger partial charge < -0.3 is 0 Å². The van der Waals surface area contributed by atoms with E-state index in [1.54, 1.807) is 27.4 Å². The molecule has 18 heteroatoms. The number of nitrogens with zero attached hydrogens (tertiary/aromatic N) is 6. The summed E-state index contributed by atoms with van der Waals surface area (Å²) in [6.45, 7) is 24.9. The van der Waals surface area contributed by atoms with Crippen molar-refractivity contribution in [3.63, 3.8) is 0 Å². The molecule has 11 rings (SSSR count). The maximum absolute atomic E-state index is 13.2. The standard InChI is InChI=1S/C50H48Ge2N6O2S8/c1-11-57-47(59)39(65-49(57)61)17-27-13-15-29(43-41(27)53-67-55-43)37-21-35-45(63-37)31-19-34-32(20-33(31)51(35,23(3)4)24(5)6)46-36(52(34,25(7)8)26(9)10)22-38(64-46)30-16-14-28(42-44(30)56-68-54-42)18-40-48(60)58(12-2)50(62)66-40/h13-26H,11-12H2,1-10H3/b39-17-,40-18-. The predicted molar refractivity (Wildman–Crippen MR) is 307 cm³/mol. The number of thiocarbonyl (C=S) groups is 2. The SMILES string of the molecule is CCN1C(=O)/C(=C/c2ccc(-c3c[c]4c(s3)-c3c[c]5c(c[c]3[Ge]4([CH](C)C)[CH](C)C)-c3sc(-c4ccc(/C=C6\SC(=S)N(CC)C6=O)c6nsnc46)c[c]3[Ge]5([CH](C)C)[CH](C)C)c3nsnc23)SC1=S. The number of likely N-dealkylation sites (N-methyl/N-ethyl adjacent to an activating group) is 2. The van der Waals surface area contributed by atoms with E-state index >= 15 is 0 Å². The van der Waals surface area contributed by atoms with Crippen LogP contribution >= 0.6 is 94.1 Å². The molecule has 0 saturated carbocycles. The molecule has 8 heterocycles. The number of carbonyl (C=O) groups excluding carboxylic acids is 2. The van der Waals surface area contributed by atoms with Gasteiger partial charge in [0.05, 0.1) is 0 Å². The van der Waals surface area contributed by atoms with Crippen LogP contribution in [0, 0.1) is 0 Å². The fourth-order valence-corrected chi connectivity index (χ4v) is 46.7. The first-order chi connectivity index (χ1) is 32.6. The summed E-state index contributed by atoms with van der Waals surface area (Å²) in [5, 5.41) is 0. The van der Waals surface area contributed by atoms with E-state index in [9.17, 15) is 9.59 Å². The number of thiophene rings is 2. The average molecular weight is 1170 g/mol. The van der Waals surface area contributed by atoms with E-state index in [1.807, 2.05) is 48.7 Å². The molecule has 2 fully saturated rings. The summed E-state index contributed by atoms with van der Waals surface area (Å²) in [5.74, 6) is -0.0943. The molecule has 0 atom stereocenters. The summed E-state index contributed by atoms with van der Waals surface area (Å²) in [6.07, 6.45) is 3.88. The van der Waals surface area contributed by atoms with Gasteiger partial charge in [-0.3, -0.25) is 0 Å². The van der Waals surface area contributed by atoms with Crippen LogP contribution in [-0.4, -0.2) is 87.4 Å². The van der Waals surface area contributed by atoms with E-state index in [4.69, 9.17) is 41.9 Å². The third-order valence-electron chi connectivity index (χ3n) is 14.9. The number of benzene rings is 3. The number of carbonyl (C=O) groups is 2. The molecule has 0 unspecified atom stereocenters. The second-order valence-electron chi connectivity index (χ2n) is 19.2. The van der Waals surface area contributed by atoms with Gasteiger partial charge in [0, 0.05) is 0 Å². The van der Waals surface area contributed by atoms with Crippen molar-refractivity contribution in [1.29, 1.82) is 0 Å². The van der Waals surface area contributed by atoms with Crippen LogP contribution < -0.4 is 17.6 Å². The first-order valence-electron chi connectivity index (χ1n) is 23.1. The zero-order valence-electron chi connectivity index (χ0n) is 39.3. The molecule has 0 spiro atoms. The Labute approximate surface area is 437 Å². The number of aromatic nitrogens is 4. The summed E-state index contributed by atoms with van der Waals surface area (Å²) in [5.41, 5.74) is 10.4. The van der Waals surface area contributed by atoms with E-state index in [0.29, 0.717) is 50.5 Å². The Morgan fingerprint density at radius 3 is 1.24 bits per heavy atom. The minimum atomic E-state index is -3.11. The fourth-order valence-electron chi connectivity index (χ4n) is 12.1. The molecule has 0 radical (unpaired) electrons. The Bertz CT molecular complexity index is 3190. The Morgan fingerprint density at radius 2 is 0.897 bits per heavy atom. The van der Waals surface area contributed by atoms with Crippen LogP contribution in [0.25, 0.3) is 76.0 Å². The molecule has 4 aliphatic rings. The summed E-state index contributed by atoms with van der Waals surface area (Å²) >= 11 is 13.9. The summed E-state index contributed by atoms with van der Waals surface area (Å²) in [7, 11) is 0. The van der Waals surface area contributed by atoms with Gasteiger partial charge in [-0.25, -0.2) is 0 Å². The summed E-state index contributed by atoms with van der Waals surface area (Å²) in [4.78, 5) is 36.4. The van der Waals surface area contributed by atoms with Gasteiger partial charge in [-0.15, -0.1) is 0 Å². The van der Waals surface area contributed by atoms with E-state index in [1.165, 1.54) is 77.6 Å². The number of thioether (sulfide) groups is 2. The van der Waals surface area contributed by atoms with E-state index < -0.39 is 26.5 Å². The molecular weight excluding hydrogens is 1120 g/mol. The van der Waals surface area contributed by atoms with Gasteiger partial charge in [0.2, 0.25) is 0 Å². The summed E-state index contributed by atoms with van der Waals surface area (Å²) < 4.78 is 29.1. The van der Waals surface area contributed by atoms with Crippen LogP contribution in [-0.2, 0) is 9.59 Å². The molecule has 3 aromatic carbocycles. The number of hydrogen-bond acceptors (Lipinski definition) is 14. The van der Waals surface area contributed by atoms with Crippen LogP contribution in [0.5, 0.6) is 0 Å². The molecule has 7 aromatic rings. The van der Waals surface area contributed by atoms with Gasteiger partial charge in [0.15, 0.2) is 0 Å². The summed E-state index contributed by atoms with van der Waals surface area (Å²) in [6, 6.07) is 19.2. The second-order valence-corrected chi connectivity index (χ2v) is 47.2. The molecule has 8 nitrogen and oxygen atoms in total. The van der Waals surface area contributed by atoms with Crippen molar-refractivity contribution in [1.82, 2.24) is 27.3 Å². The van der Waals surface area contributed by atoms with Crippen molar-refractivity contribution in [3.05, 3.63) is 69.5 Å². The van der Waals surface area contributed by atoms with Gasteiger partial charge in [-0.2, -0.15) is 0 Å². The van der Waals surface area contributed by atoms with Crippen LogP contribution in [0.1, 0.15) is 80.4 Å². The number of rotatable bonds is 10. The Morgan fingerprint density at radius 1 is 0.529 bits per heavy atom. The molecule has 4 aliphatic heterocycles. The number of fused-ring (bicyclic) bond motifs is 8. The molecule has 4 aromatic heterocycles. The molecule has 2 amide bonds. The van der Waals surface area contributed by atoms with Crippen molar-refractivity contribution in [2.75, 3.05) is 13.1 Å². The maximum atomic E-state index is 13.2. The monoisotopic (exact) mass is 1170 g/mol. The Balaban J connectivity index is 1.05.